The van der Waals surface area contributed by atoms with Crippen LogP contribution in [-0.2, 0) is 6.54 Å². The van der Waals surface area contributed by atoms with Crippen LogP contribution in [0.4, 0.5) is 5.69 Å². The molecule has 1 amide bonds. The van der Waals surface area contributed by atoms with Crippen molar-refractivity contribution in [2.24, 2.45) is 0 Å². The summed E-state index contributed by atoms with van der Waals surface area (Å²) >= 11 is 0. The van der Waals surface area contributed by atoms with E-state index in [2.05, 4.69) is 0 Å². The molecule has 0 bridgehead atoms. The van der Waals surface area contributed by atoms with Crippen LogP contribution < -0.4 is 10.5 Å². The van der Waals surface area contributed by atoms with E-state index in [-0.39, 0.29) is 5.91 Å². The van der Waals surface area contributed by atoms with Crippen LogP contribution in [0, 0.1) is 0 Å². The quantitative estimate of drug-likeness (QED) is 0.851. The first kappa shape index (κ1) is 14.0. The second-order valence-electron chi connectivity index (χ2n) is 4.45. The lowest BCUT2D eigenvalue weighted by molar-refractivity contribution is 0.0781. The van der Waals surface area contributed by atoms with Gasteiger partial charge in [0.05, 0.1) is 30.4 Å². The molecule has 0 saturated heterocycles. The van der Waals surface area contributed by atoms with E-state index in [9.17, 15) is 4.79 Å². The zero-order valence-electron chi connectivity index (χ0n) is 11.6. The number of carbonyl (C=O) groups excluding carboxylic acids is 1. The largest absolute Gasteiger partial charge is 0.491 e. The SMILES string of the molecule is CCOc1c(N)cccc1C(=O)N(C)Cc1ccoc1. The highest BCUT2D eigenvalue weighted by Gasteiger charge is 2.18. The van der Waals surface area contributed by atoms with Gasteiger partial charge in [0.15, 0.2) is 5.75 Å². The number of hydrogen-bond donors (Lipinski definition) is 1. The molecule has 0 fully saturated rings. The topological polar surface area (TPSA) is 68.7 Å². The highest BCUT2D eigenvalue weighted by Crippen LogP contribution is 2.27. The van der Waals surface area contributed by atoms with Crippen LogP contribution in [0.25, 0.3) is 0 Å². The minimum Gasteiger partial charge on any atom is -0.491 e. The molecule has 2 rings (SSSR count). The predicted octanol–water partition coefficient (Wildman–Crippen LogP) is 2.53. The summed E-state index contributed by atoms with van der Waals surface area (Å²) in [5.74, 6) is 0.306. The Morgan fingerprint density at radius 1 is 1.40 bits per heavy atom. The van der Waals surface area contributed by atoms with E-state index in [4.69, 9.17) is 14.9 Å². The molecular formula is C15H18N2O3. The number of anilines is 1. The Hall–Kier alpha value is -2.43. The first-order valence-corrected chi connectivity index (χ1v) is 6.41. The number of amides is 1. The van der Waals surface area contributed by atoms with Gasteiger partial charge in [0, 0.05) is 19.2 Å². The van der Waals surface area contributed by atoms with Crippen LogP contribution >= 0.6 is 0 Å². The molecule has 0 unspecified atom stereocenters. The van der Waals surface area contributed by atoms with Crippen molar-refractivity contribution >= 4 is 11.6 Å². The summed E-state index contributed by atoms with van der Waals surface area (Å²) in [4.78, 5) is 14.1. The van der Waals surface area contributed by atoms with Crippen LogP contribution in [0.2, 0.25) is 0 Å². The summed E-state index contributed by atoms with van der Waals surface area (Å²) < 4.78 is 10.5. The molecule has 2 N–H and O–H groups in total. The van der Waals surface area contributed by atoms with Gasteiger partial charge in [-0.25, -0.2) is 0 Å². The molecule has 0 radical (unpaired) electrons. The van der Waals surface area contributed by atoms with Crippen molar-refractivity contribution in [3.8, 4) is 5.75 Å². The summed E-state index contributed by atoms with van der Waals surface area (Å²) in [6, 6.07) is 7.01. The third-order valence-electron chi connectivity index (χ3n) is 2.91. The van der Waals surface area contributed by atoms with E-state index in [0.717, 1.165) is 5.56 Å². The van der Waals surface area contributed by atoms with Gasteiger partial charge in [-0.3, -0.25) is 4.79 Å². The summed E-state index contributed by atoms with van der Waals surface area (Å²) in [5, 5.41) is 0. The fourth-order valence-electron chi connectivity index (χ4n) is 1.96. The zero-order chi connectivity index (χ0) is 14.5. The second-order valence-corrected chi connectivity index (χ2v) is 4.45. The molecule has 5 nitrogen and oxygen atoms in total. The molecule has 0 saturated carbocycles. The van der Waals surface area contributed by atoms with Crippen molar-refractivity contribution in [2.75, 3.05) is 19.4 Å². The fourth-order valence-corrected chi connectivity index (χ4v) is 1.96. The van der Waals surface area contributed by atoms with Crippen molar-refractivity contribution in [1.29, 1.82) is 0 Å². The molecule has 1 aromatic heterocycles. The number of furan rings is 1. The van der Waals surface area contributed by atoms with Crippen LogP contribution in [0.15, 0.2) is 41.2 Å². The Bertz CT molecular complexity index is 579. The first-order valence-electron chi connectivity index (χ1n) is 6.41. The maximum Gasteiger partial charge on any atom is 0.257 e. The Kier molecular flexibility index (Phi) is 4.30. The molecule has 0 aliphatic carbocycles. The van der Waals surface area contributed by atoms with Crippen molar-refractivity contribution in [1.82, 2.24) is 4.90 Å². The molecule has 0 aliphatic heterocycles. The van der Waals surface area contributed by atoms with Crippen LogP contribution in [0.3, 0.4) is 0 Å². The van der Waals surface area contributed by atoms with E-state index in [1.54, 1.807) is 42.7 Å². The standard InChI is InChI=1S/C15H18N2O3/c1-3-20-14-12(5-4-6-13(14)16)15(18)17(2)9-11-7-8-19-10-11/h4-8,10H,3,9,16H2,1-2H3. The van der Waals surface area contributed by atoms with Gasteiger partial charge in [0.1, 0.15) is 0 Å². The Balaban J connectivity index is 2.22. The summed E-state index contributed by atoms with van der Waals surface area (Å²) in [6.07, 6.45) is 3.20. The van der Waals surface area contributed by atoms with Crippen LogP contribution in [-0.4, -0.2) is 24.5 Å². The number of para-hydroxylation sites is 1. The predicted molar refractivity (Wildman–Crippen MR) is 76.5 cm³/mol. The van der Waals surface area contributed by atoms with Crippen LogP contribution in [0.5, 0.6) is 5.75 Å². The monoisotopic (exact) mass is 274 g/mol. The van der Waals surface area contributed by atoms with E-state index >= 15 is 0 Å². The number of carbonyl (C=O) groups is 1. The van der Waals surface area contributed by atoms with Gasteiger partial charge in [-0.1, -0.05) is 6.07 Å². The third kappa shape index (κ3) is 2.93. The molecule has 2 aromatic rings. The number of benzene rings is 1. The van der Waals surface area contributed by atoms with Crippen molar-refractivity contribution in [2.45, 2.75) is 13.5 Å². The van der Waals surface area contributed by atoms with Gasteiger partial charge >= 0.3 is 0 Å². The number of nitrogens with zero attached hydrogens (tertiary/aromatic N) is 1. The van der Waals surface area contributed by atoms with Gasteiger partial charge in [0.25, 0.3) is 5.91 Å². The lowest BCUT2D eigenvalue weighted by Gasteiger charge is -2.19. The molecular weight excluding hydrogens is 256 g/mol. The van der Waals surface area contributed by atoms with Crippen molar-refractivity contribution in [3.05, 3.63) is 47.9 Å². The molecule has 0 aliphatic rings. The number of nitrogens with two attached hydrogens (primary N) is 1. The van der Waals surface area contributed by atoms with E-state index in [1.165, 1.54) is 0 Å². The molecule has 0 spiro atoms. The van der Waals surface area contributed by atoms with E-state index < -0.39 is 0 Å². The Morgan fingerprint density at radius 2 is 2.20 bits per heavy atom. The number of rotatable bonds is 5. The third-order valence-corrected chi connectivity index (χ3v) is 2.91. The Labute approximate surface area is 117 Å². The maximum atomic E-state index is 12.5. The molecule has 106 valence electrons. The van der Waals surface area contributed by atoms with Crippen molar-refractivity contribution in [3.63, 3.8) is 0 Å². The van der Waals surface area contributed by atoms with Gasteiger partial charge in [-0.15, -0.1) is 0 Å². The summed E-state index contributed by atoms with van der Waals surface area (Å²) in [6.45, 7) is 2.78. The number of ether oxygens (including phenoxy) is 1. The lowest BCUT2D eigenvalue weighted by atomic mass is 10.1. The summed E-state index contributed by atoms with van der Waals surface area (Å²) in [7, 11) is 1.73. The molecule has 0 atom stereocenters. The van der Waals surface area contributed by atoms with Gasteiger partial charge < -0.3 is 19.8 Å². The highest BCUT2D eigenvalue weighted by atomic mass is 16.5. The minimum absolute atomic E-state index is 0.137. The fraction of sp³-hybridized carbons (Fsp3) is 0.267. The molecule has 1 aromatic carbocycles. The van der Waals surface area contributed by atoms with Gasteiger partial charge in [-0.2, -0.15) is 0 Å². The lowest BCUT2D eigenvalue weighted by Crippen LogP contribution is -2.26. The second kappa shape index (κ2) is 6.14. The maximum absolute atomic E-state index is 12.5. The molecule has 5 heteroatoms. The summed E-state index contributed by atoms with van der Waals surface area (Å²) in [5.41, 5.74) is 7.74. The Morgan fingerprint density at radius 3 is 2.85 bits per heavy atom. The number of hydrogen-bond acceptors (Lipinski definition) is 4. The van der Waals surface area contributed by atoms with Gasteiger partial charge in [-0.05, 0) is 25.1 Å². The van der Waals surface area contributed by atoms with Crippen molar-refractivity contribution < 1.29 is 13.9 Å². The molecule has 20 heavy (non-hydrogen) atoms. The normalized spacial score (nSPS) is 10.3. The minimum atomic E-state index is -0.137. The first-order chi connectivity index (χ1) is 9.63. The van der Waals surface area contributed by atoms with Gasteiger partial charge in [0.2, 0.25) is 0 Å². The average molecular weight is 274 g/mol. The van der Waals surface area contributed by atoms with E-state index in [1.807, 2.05) is 13.0 Å². The number of nitrogen functional groups attached to an aromatic ring is 1. The smallest absolute Gasteiger partial charge is 0.257 e. The van der Waals surface area contributed by atoms with E-state index in [0.29, 0.717) is 30.2 Å². The van der Waals surface area contributed by atoms with Crippen LogP contribution in [0.1, 0.15) is 22.8 Å². The molecule has 1 heterocycles. The average Bonchev–Trinajstić information content (AvgIpc) is 2.93. The zero-order valence-corrected chi connectivity index (χ0v) is 11.6. The highest BCUT2D eigenvalue weighted by molar-refractivity contribution is 5.98.